The van der Waals surface area contributed by atoms with Gasteiger partial charge in [-0.2, -0.15) is 0 Å². The number of aliphatic carboxylic acids is 1. The number of benzene rings is 1. The Balaban J connectivity index is 1.92. The van der Waals surface area contributed by atoms with E-state index in [0.717, 1.165) is 39.0 Å². The number of nitrogens with zero attached hydrogens (tertiary/aromatic N) is 1. The van der Waals surface area contributed by atoms with Gasteiger partial charge in [0.15, 0.2) is 0 Å². The molecular weight excluding hydrogens is 264 g/mol. The van der Waals surface area contributed by atoms with Crippen LogP contribution in [0.1, 0.15) is 37.8 Å². The quantitative estimate of drug-likeness (QED) is 0.809. The zero-order valence-electron chi connectivity index (χ0n) is 13.1. The number of nitrogens with one attached hydrogen (secondary N) is 1. The summed E-state index contributed by atoms with van der Waals surface area (Å²) in [6.45, 7) is 7.35. The second-order valence-corrected chi connectivity index (χ2v) is 6.11. The number of fused-ring (bicyclic) bond motifs is 1. The topological polar surface area (TPSA) is 52.6 Å². The monoisotopic (exact) mass is 290 g/mol. The van der Waals surface area contributed by atoms with Crippen molar-refractivity contribution in [2.75, 3.05) is 19.6 Å². The fourth-order valence-electron chi connectivity index (χ4n) is 2.80. The summed E-state index contributed by atoms with van der Waals surface area (Å²) in [6, 6.07) is 8.53. The van der Waals surface area contributed by atoms with Crippen LogP contribution in [0.3, 0.4) is 0 Å². The lowest BCUT2D eigenvalue weighted by Gasteiger charge is -2.33. The first-order chi connectivity index (χ1) is 10.0. The Bertz CT molecular complexity index is 489. The third-order valence-corrected chi connectivity index (χ3v) is 4.37. The van der Waals surface area contributed by atoms with Crippen molar-refractivity contribution in [2.24, 2.45) is 0 Å². The van der Waals surface area contributed by atoms with E-state index in [2.05, 4.69) is 41.4 Å². The zero-order valence-corrected chi connectivity index (χ0v) is 13.1. The highest BCUT2D eigenvalue weighted by molar-refractivity contribution is 5.78. The Morgan fingerprint density at radius 3 is 2.76 bits per heavy atom. The summed E-state index contributed by atoms with van der Waals surface area (Å²) >= 11 is 0. The second-order valence-electron chi connectivity index (χ2n) is 6.11. The van der Waals surface area contributed by atoms with E-state index in [0.29, 0.717) is 6.42 Å². The second kappa shape index (κ2) is 7.05. The largest absolute Gasteiger partial charge is 0.480 e. The highest BCUT2D eigenvalue weighted by Crippen LogP contribution is 2.20. The van der Waals surface area contributed by atoms with Crippen molar-refractivity contribution in [3.63, 3.8) is 0 Å². The van der Waals surface area contributed by atoms with Crippen LogP contribution in [0.2, 0.25) is 0 Å². The lowest BCUT2D eigenvalue weighted by Crippen LogP contribution is -2.51. The molecule has 21 heavy (non-hydrogen) atoms. The number of hydrogen-bond acceptors (Lipinski definition) is 3. The highest BCUT2D eigenvalue weighted by atomic mass is 16.4. The average molecular weight is 290 g/mol. The van der Waals surface area contributed by atoms with Gasteiger partial charge in [0, 0.05) is 19.6 Å². The fraction of sp³-hybridized carbons (Fsp3) is 0.588. The summed E-state index contributed by atoms with van der Waals surface area (Å²) in [6.07, 6.45) is 2.63. The zero-order chi connectivity index (χ0) is 15.3. The number of hydrogen-bond donors (Lipinski definition) is 2. The standard InChI is InChI=1S/C17H26N2O2/c1-3-10-18-17(2,16(20)21)9-12-19-11-8-14-6-4-5-7-15(14)13-19/h4-7,18H,3,8-13H2,1-2H3,(H,20,21). The SMILES string of the molecule is CCCNC(C)(CCN1CCc2ccccc2C1)C(=O)O. The molecule has 1 aromatic rings. The Hall–Kier alpha value is -1.39. The third kappa shape index (κ3) is 4.05. The lowest BCUT2D eigenvalue weighted by atomic mass is 9.95. The minimum atomic E-state index is -0.826. The third-order valence-electron chi connectivity index (χ3n) is 4.37. The van der Waals surface area contributed by atoms with E-state index in [1.165, 1.54) is 11.1 Å². The van der Waals surface area contributed by atoms with Crippen LogP contribution in [0.5, 0.6) is 0 Å². The van der Waals surface area contributed by atoms with Crippen LogP contribution < -0.4 is 5.32 Å². The van der Waals surface area contributed by atoms with Crippen LogP contribution in [-0.4, -0.2) is 41.1 Å². The van der Waals surface area contributed by atoms with Gasteiger partial charge in [-0.3, -0.25) is 9.69 Å². The Morgan fingerprint density at radius 1 is 1.38 bits per heavy atom. The van der Waals surface area contributed by atoms with Crippen LogP contribution in [0.15, 0.2) is 24.3 Å². The molecule has 1 aliphatic heterocycles. The van der Waals surface area contributed by atoms with Crippen molar-refractivity contribution in [2.45, 2.75) is 45.2 Å². The summed E-state index contributed by atoms with van der Waals surface area (Å²) < 4.78 is 0. The summed E-state index contributed by atoms with van der Waals surface area (Å²) in [4.78, 5) is 13.9. The van der Waals surface area contributed by atoms with Crippen LogP contribution in [-0.2, 0) is 17.8 Å². The fourth-order valence-corrected chi connectivity index (χ4v) is 2.80. The lowest BCUT2D eigenvalue weighted by molar-refractivity contribution is -0.144. The molecule has 4 nitrogen and oxygen atoms in total. The van der Waals surface area contributed by atoms with Gasteiger partial charge < -0.3 is 10.4 Å². The van der Waals surface area contributed by atoms with Crippen molar-refractivity contribution in [3.05, 3.63) is 35.4 Å². The molecule has 1 aliphatic rings. The molecule has 0 aromatic heterocycles. The van der Waals surface area contributed by atoms with Gasteiger partial charge in [0.2, 0.25) is 0 Å². The predicted octanol–water partition coefficient (Wildman–Crippen LogP) is 2.28. The molecule has 116 valence electrons. The molecule has 0 radical (unpaired) electrons. The van der Waals surface area contributed by atoms with Crippen molar-refractivity contribution in [3.8, 4) is 0 Å². The van der Waals surface area contributed by atoms with Crippen LogP contribution in [0.4, 0.5) is 0 Å². The first-order valence-corrected chi connectivity index (χ1v) is 7.83. The van der Waals surface area contributed by atoms with E-state index >= 15 is 0 Å². The van der Waals surface area contributed by atoms with Crippen LogP contribution in [0.25, 0.3) is 0 Å². The Morgan fingerprint density at radius 2 is 2.10 bits per heavy atom. The summed E-state index contributed by atoms with van der Waals surface area (Å²) in [5, 5.41) is 12.6. The maximum atomic E-state index is 11.5. The Kier molecular flexibility index (Phi) is 5.37. The maximum absolute atomic E-state index is 11.5. The molecule has 0 spiro atoms. The van der Waals surface area contributed by atoms with E-state index in [-0.39, 0.29) is 0 Å². The maximum Gasteiger partial charge on any atom is 0.323 e. The van der Waals surface area contributed by atoms with Gasteiger partial charge >= 0.3 is 5.97 Å². The molecule has 0 bridgehead atoms. The minimum Gasteiger partial charge on any atom is -0.480 e. The van der Waals surface area contributed by atoms with Crippen molar-refractivity contribution in [1.29, 1.82) is 0 Å². The number of carbonyl (C=O) groups is 1. The van der Waals surface area contributed by atoms with Gasteiger partial charge in [-0.1, -0.05) is 31.2 Å². The molecule has 0 saturated carbocycles. The molecule has 1 unspecified atom stereocenters. The summed E-state index contributed by atoms with van der Waals surface area (Å²) in [7, 11) is 0. The number of rotatable bonds is 7. The smallest absolute Gasteiger partial charge is 0.323 e. The molecule has 0 saturated heterocycles. The molecular formula is C17H26N2O2. The van der Waals surface area contributed by atoms with Gasteiger partial charge in [-0.15, -0.1) is 0 Å². The summed E-state index contributed by atoms with van der Waals surface area (Å²) in [5.41, 5.74) is 1.98. The van der Waals surface area contributed by atoms with Crippen molar-refractivity contribution >= 4 is 5.97 Å². The number of carboxylic acid groups (broad SMARTS) is 1. The van der Waals surface area contributed by atoms with Crippen LogP contribution >= 0.6 is 0 Å². The van der Waals surface area contributed by atoms with Crippen LogP contribution in [0, 0.1) is 0 Å². The van der Waals surface area contributed by atoms with Gasteiger partial charge in [-0.05, 0) is 43.9 Å². The Labute approximate surface area is 127 Å². The first kappa shape index (κ1) is 16.0. The number of carboxylic acids is 1. The van der Waals surface area contributed by atoms with E-state index in [1.807, 2.05) is 0 Å². The molecule has 4 heteroatoms. The average Bonchev–Trinajstić information content (AvgIpc) is 2.50. The first-order valence-electron chi connectivity index (χ1n) is 7.83. The van der Waals surface area contributed by atoms with Gasteiger partial charge in [0.05, 0.1) is 0 Å². The van der Waals surface area contributed by atoms with Gasteiger partial charge in [0.25, 0.3) is 0 Å². The molecule has 0 fully saturated rings. The van der Waals surface area contributed by atoms with E-state index < -0.39 is 11.5 Å². The molecule has 2 N–H and O–H groups in total. The molecule has 1 aromatic carbocycles. The van der Waals surface area contributed by atoms with E-state index in [1.54, 1.807) is 6.92 Å². The van der Waals surface area contributed by atoms with E-state index in [4.69, 9.17) is 0 Å². The molecule has 0 amide bonds. The summed E-state index contributed by atoms with van der Waals surface area (Å²) in [5.74, 6) is -0.756. The molecule has 2 rings (SSSR count). The van der Waals surface area contributed by atoms with Crippen molar-refractivity contribution in [1.82, 2.24) is 10.2 Å². The molecule has 0 aliphatic carbocycles. The van der Waals surface area contributed by atoms with Crippen molar-refractivity contribution < 1.29 is 9.90 Å². The van der Waals surface area contributed by atoms with E-state index in [9.17, 15) is 9.90 Å². The predicted molar refractivity (Wildman–Crippen MR) is 84.4 cm³/mol. The highest BCUT2D eigenvalue weighted by Gasteiger charge is 2.32. The molecule has 1 atom stereocenters. The van der Waals surface area contributed by atoms with Gasteiger partial charge in [-0.25, -0.2) is 0 Å². The molecule has 1 heterocycles. The normalized spacial score (nSPS) is 18.0. The minimum absolute atomic E-state index is 0.629. The van der Waals surface area contributed by atoms with Gasteiger partial charge in [0.1, 0.15) is 5.54 Å².